The van der Waals surface area contributed by atoms with E-state index in [1.54, 1.807) is 12.1 Å². The van der Waals surface area contributed by atoms with Crippen LogP contribution in [-0.2, 0) is 19.6 Å². The molecule has 2 N–H and O–H groups in total. The summed E-state index contributed by atoms with van der Waals surface area (Å²) in [5, 5.41) is 0.316. The van der Waals surface area contributed by atoms with Crippen LogP contribution in [0.2, 0.25) is 5.02 Å². The molecule has 0 saturated carbocycles. The molecule has 0 bridgehead atoms. The number of hydrogen-bond acceptors (Lipinski definition) is 4. The molecule has 1 fully saturated rings. The highest BCUT2D eigenvalue weighted by Crippen LogP contribution is 2.36. The van der Waals surface area contributed by atoms with Gasteiger partial charge in [-0.25, -0.2) is 0 Å². The van der Waals surface area contributed by atoms with E-state index in [1.807, 2.05) is 77.7 Å². The van der Waals surface area contributed by atoms with E-state index < -0.39 is 5.91 Å². The molecule has 3 heterocycles. The van der Waals surface area contributed by atoms with Crippen molar-refractivity contribution >= 4 is 29.1 Å². The van der Waals surface area contributed by atoms with Gasteiger partial charge in [-0.2, -0.15) is 0 Å². The van der Waals surface area contributed by atoms with Gasteiger partial charge in [0.1, 0.15) is 0 Å². The first-order chi connectivity index (χ1) is 22.4. The molecule has 232 valence electrons. The first-order valence-electron chi connectivity index (χ1n) is 15.6. The largest absolute Gasteiger partial charge is 0.366 e. The number of halogens is 1. The van der Waals surface area contributed by atoms with Gasteiger partial charge in [0, 0.05) is 56.3 Å². The number of primary amides is 1. The van der Waals surface area contributed by atoms with Crippen LogP contribution in [-0.4, -0.2) is 59.4 Å². The molecule has 0 atom stereocenters. The third kappa shape index (κ3) is 5.73. The van der Waals surface area contributed by atoms with E-state index in [4.69, 9.17) is 17.3 Å². The van der Waals surface area contributed by atoms with Crippen LogP contribution in [0.4, 0.5) is 5.69 Å². The fourth-order valence-corrected chi connectivity index (χ4v) is 6.96. The highest BCUT2D eigenvalue weighted by atomic mass is 35.5. The Balaban J connectivity index is 1.21. The average molecular weight is 630 g/mol. The van der Waals surface area contributed by atoms with Crippen molar-refractivity contribution in [3.8, 4) is 22.3 Å². The standard InChI is InChI=1S/C38H36ClN5O2/c1-41-18-20-42(21-19-41)24-29-15-16-30-25-44(35-13-6-5-10-28(35)23-43(29)30)38(46)33-17-14-27(22-34(33)39)32-12-7-11-31(36(32)37(40)45)26-8-3-2-4-9-26/h2-17,22H,18-21,23-25H2,1H3,(H2,40,45). The number of rotatable bonds is 6. The first-order valence-corrected chi connectivity index (χ1v) is 16.0. The zero-order valence-electron chi connectivity index (χ0n) is 25.8. The van der Waals surface area contributed by atoms with Gasteiger partial charge in [0.15, 0.2) is 0 Å². The predicted molar refractivity (Wildman–Crippen MR) is 184 cm³/mol. The number of amides is 2. The minimum absolute atomic E-state index is 0.174. The Morgan fingerprint density at radius 1 is 0.761 bits per heavy atom. The van der Waals surface area contributed by atoms with Crippen molar-refractivity contribution in [2.45, 2.75) is 19.6 Å². The van der Waals surface area contributed by atoms with Gasteiger partial charge in [-0.3, -0.25) is 14.5 Å². The van der Waals surface area contributed by atoms with Gasteiger partial charge in [-0.15, -0.1) is 0 Å². The molecule has 0 radical (unpaired) electrons. The molecule has 8 heteroatoms. The second-order valence-electron chi connectivity index (χ2n) is 12.2. The van der Waals surface area contributed by atoms with Gasteiger partial charge in [-0.05, 0) is 65.2 Å². The number of carbonyl (C=O) groups excluding carboxylic acids is 2. The summed E-state index contributed by atoms with van der Waals surface area (Å²) in [5.41, 5.74) is 14.1. The van der Waals surface area contributed by atoms with Gasteiger partial charge in [0.05, 0.1) is 22.7 Å². The van der Waals surface area contributed by atoms with Crippen LogP contribution in [0.5, 0.6) is 0 Å². The second kappa shape index (κ2) is 12.6. The van der Waals surface area contributed by atoms with Crippen molar-refractivity contribution in [3.63, 3.8) is 0 Å². The van der Waals surface area contributed by atoms with Crippen molar-refractivity contribution < 1.29 is 9.59 Å². The van der Waals surface area contributed by atoms with E-state index in [2.05, 4.69) is 39.6 Å². The summed E-state index contributed by atoms with van der Waals surface area (Å²) < 4.78 is 2.36. The molecule has 2 amide bonds. The highest BCUT2D eigenvalue weighted by molar-refractivity contribution is 6.35. The lowest BCUT2D eigenvalue weighted by atomic mass is 9.91. The number of likely N-dealkylation sites (N-methyl/N-ethyl adjacent to an activating group) is 1. The number of benzene rings is 4. The zero-order valence-corrected chi connectivity index (χ0v) is 26.6. The Hall–Kier alpha value is -4.69. The quantitative estimate of drug-likeness (QED) is 0.232. The number of nitrogens with zero attached hydrogens (tertiary/aromatic N) is 4. The molecule has 2 aliphatic rings. The molecular formula is C38H36ClN5O2. The number of hydrogen-bond donors (Lipinski definition) is 1. The van der Waals surface area contributed by atoms with Crippen LogP contribution >= 0.6 is 11.6 Å². The van der Waals surface area contributed by atoms with Crippen molar-refractivity contribution in [2.75, 3.05) is 38.1 Å². The van der Waals surface area contributed by atoms with Gasteiger partial charge in [-0.1, -0.05) is 84.4 Å². The molecule has 0 unspecified atom stereocenters. The number of aromatic nitrogens is 1. The smallest absolute Gasteiger partial charge is 0.260 e. The lowest BCUT2D eigenvalue weighted by Crippen LogP contribution is -2.44. The second-order valence-corrected chi connectivity index (χ2v) is 12.6. The van der Waals surface area contributed by atoms with E-state index in [9.17, 15) is 9.59 Å². The molecule has 4 aromatic carbocycles. The number of fused-ring (bicyclic) bond motifs is 2. The molecule has 1 aromatic heterocycles. The summed E-state index contributed by atoms with van der Waals surface area (Å²) in [6.07, 6.45) is 0. The monoisotopic (exact) mass is 629 g/mol. The highest BCUT2D eigenvalue weighted by Gasteiger charge is 2.28. The number of piperazine rings is 1. The Bertz CT molecular complexity index is 1930. The summed E-state index contributed by atoms with van der Waals surface area (Å²) in [4.78, 5) is 33.8. The maximum Gasteiger partial charge on any atom is 0.260 e. The first kappa shape index (κ1) is 30.0. The third-order valence-corrected chi connectivity index (χ3v) is 9.54. The molecule has 0 spiro atoms. The predicted octanol–water partition coefficient (Wildman–Crippen LogP) is 6.53. The fraction of sp³-hybridized carbons (Fsp3) is 0.211. The number of carbonyl (C=O) groups is 2. The normalized spacial score (nSPS) is 15.2. The van der Waals surface area contributed by atoms with E-state index in [0.717, 1.165) is 60.8 Å². The topological polar surface area (TPSA) is 74.8 Å². The maximum absolute atomic E-state index is 14.3. The third-order valence-electron chi connectivity index (χ3n) is 9.23. The summed E-state index contributed by atoms with van der Waals surface area (Å²) in [7, 11) is 2.17. The average Bonchev–Trinajstić information content (AvgIpc) is 3.35. The lowest BCUT2D eigenvalue weighted by molar-refractivity contribution is 0.0981. The maximum atomic E-state index is 14.3. The summed E-state index contributed by atoms with van der Waals surface area (Å²) in [6.45, 7) is 6.25. The van der Waals surface area contributed by atoms with Crippen LogP contribution in [0, 0.1) is 0 Å². The minimum Gasteiger partial charge on any atom is -0.366 e. The van der Waals surface area contributed by atoms with E-state index in [-0.39, 0.29) is 5.91 Å². The van der Waals surface area contributed by atoms with Crippen molar-refractivity contribution in [2.24, 2.45) is 5.73 Å². The molecular weight excluding hydrogens is 594 g/mol. The number of anilines is 1. The Labute approximate surface area is 274 Å². The number of nitrogens with two attached hydrogens (primary N) is 1. The van der Waals surface area contributed by atoms with Crippen LogP contribution in [0.1, 0.15) is 37.7 Å². The fourth-order valence-electron chi connectivity index (χ4n) is 6.70. The minimum atomic E-state index is -0.526. The van der Waals surface area contributed by atoms with Gasteiger partial charge >= 0.3 is 0 Å². The summed E-state index contributed by atoms with van der Waals surface area (Å²) >= 11 is 6.90. The zero-order chi connectivity index (χ0) is 31.8. The van der Waals surface area contributed by atoms with Gasteiger partial charge in [0.25, 0.3) is 5.91 Å². The molecule has 46 heavy (non-hydrogen) atoms. The summed E-state index contributed by atoms with van der Waals surface area (Å²) in [5.74, 6) is -0.700. The van der Waals surface area contributed by atoms with Crippen molar-refractivity contribution in [1.82, 2.24) is 14.4 Å². The lowest BCUT2D eigenvalue weighted by Gasteiger charge is -2.32. The molecule has 0 aliphatic carbocycles. The van der Waals surface area contributed by atoms with Crippen molar-refractivity contribution in [3.05, 3.63) is 136 Å². The van der Waals surface area contributed by atoms with Crippen LogP contribution in [0.3, 0.4) is 0 Å². The SMILES string of the molecule is CN1CCN(Cc2ccc3n2Cc2ccccc2N(C(=O)c2ccc(-c4cccc(-c5ccccc5)c4C(N)=O)cc2Cl)C3)CC1. The van der Waals surface area contributed by atoms with E-state index >= 15 is 0 Å². The Kier molecular flexibility index (Phi) is 8.21. The van der Waals surface area contributed by atoms with Gasteiger partial charge < -0.3 is 20.1 Å². The van der Waals surface area contributed by atoms with E-state index in [0.29, 0.717) is 40.4 Å². The van der Waals surface area contributed by atoms with Crippen LogP contribution in [0.25, 0.3) is 22.3 Å². The molecule has 5 aromatic rings. The van der Waals surface area contributed by atoms with Crippen LogP contribution < -0.4 is 10.6 Å². The molecule has 7 nitrogen and oxygen atoms in total. The van der Waals surface area contributed by atoms with Crippen LogP contribution in [0.15, 0.2) is 103 Å². The molecule has 1 saturated heterocycles. The van der Waals surface area contributed by atoms with Gasteiger partial charge in [0.2, 0.25) is 5.91 Å². The van der Waals surface area contributed by atoms with E-state index in [1.165, 1.54) is 5.69 Å². The molecule has 7 rings (SSSR count). The molecule has 2 aliphatic heterocycles. The van der Waals surface area contributed by atoms with Crippen molar-refractivity contribution in [1.29, 1.82) is 0 Å². The Morgan fingerprint density at radius 3 is 2.22 bits per heavy atom. The Morgan fingerprint density at radius 2 is 1.48 bits per heavy atom. The summed E-state index contributed by atoms with van der Waals surface area (Å²) in [6, 6.07) is 33.1. The number of para-hydroxylation sites is 1.